The number of methoxy groups -OCH3 is 1. The van der Waals surface area contributed by atoms with Crippen molar-refractivity contribution in [2.45, 2.75) is 25.9 Å². The van der Waals surface area contributed by atoms with Gasteiger partial charge in [-0.3, -0.25) is 0 Å². The van der Waals surface area contributed by atoms with Gasteiger partial charge in [0.25, 0.3) is 0 Å². The lowest BCUT2D eigenvalue weighted by molar-refractivity contribution is 0.134. The third-order valence-corrected chi connectivity index (χ3v) is 3.05. The third kappa shape index (κ3) is 4.65. The van der Waals surface area contributed by atoms with Gasteiger partial charge in [0.15, 0.2) is 0 Å². The summed E-state index contributed by atoms with van der Waals surface area (Å²) in [6, 6.07) is 3.53. The van der Waals surface area contributed by atoms with Crippen molar-refractivity contribution >= 4 is 23.2 Å². The van der Waals surface area contributed by atoms with Crippen LogP contribution in [0.4, 0.5) is 0 Å². The van der Waals surface area contributed by atoms with Gasteiger partial charge >= 0.3 is 0 Å². The van der Waals surface area contributed by atoms with Crippen molar-refractivity contribution in [1.29, 1.82) is 0 Å². The number of ether oxygens (including phenoxy) is 2. The zero-order chi connectivity index (χ0) is 13.5. The van der Waals surface area contributed by atoms with Crippen LogP contribution in [-0.4, -0.2) is 26.4 Å². The molecule has 3 nitrogen and oxygen atoms in total. The van der Waals surface area contributed by atoms with Crippen molar-refractivity contribution in [2.75, 3.05) is 20.3 Å². The van der Waals surface area contributed by atoms with Crippen LogP contribution in [0.25, 0.3) is 0 Å². The highest BCUT2D eigenvalue weighted by molar-refractivity contribution is 6.35. The molecule has 0 saturated carbocycles. The molecular weight excluding hydrogens is 273 g/mol. The van der Waals surface area contributed by atoms with Gasteiger partial charge in [-0.1, -0.05) is 23.2 Å². The number of hydrogen-bond acceptors (Lipinski definition) is 3. The van der Waals surface area contributed by atoms with Gasteiger partial charge in [-0.05, 0) is 37.6 Å². The third-order valence-electron chi connectivity index (χ3n) is 2.55. The van der Waals surface area contributed by atoms with E-state index in [0.717, 1.165) is 12.0 Å². The molecule has 0 spiro atoms. The first-order chi connectivity index (χ1) is 8.58. The lowest BCUT2D eigenvalue weighted by atomic mass is 10.1. The quantitative estimate of drug-likeness (QED) is 0.838. The first-order valence-electron chi connectivity index (χ1n) is 5.92. The fourth-order valence-electron chi connectivity index (χ4n) is 1.63. The predicted octanol–water partition coefficient (Wildman–Crippen LogP) is 3.30. The molecule has 5 heteroatoms. The maximum absolute atomic E-state index is 6.17. The highest BCUT2D eigenvalue weighted by Gasteiger charge is 2.13. The Morgan fingerprint density at radius 1 is 1.33 bits per heavy atom. The number of halogens is 2. The molecular formula is C13H19Cl2NO2. The summed E-state index contributed by atoms with van der Waals surface area (Å²) < 4.78 is 10.9. The van der Waals surface area contributed by atoms with Crippen LogP contribution in [0.3, 0.4) is 0 Å². The van der Waals surface area contributed by atoms with E-state index in [2.05, 4.69) is 0 Å². The van der Waals surface area contributed by atoms with E-state index in [1.165, 1.54) is 0 Å². The Bertz CT molecular complexity index is 385. The number of nitrogens with two attached hydrogens (primary N) is 1. The monoisotopic (exact) mass is 291 g/mol. The van der Waals surface area contributed by atoms with Crippen LogP contribution in [0.1, 0.15) is 18.9 Å². The lowest BCUT2D eigenvalue weighted by Gasteiger charge is -2.18. The van der Waals surface area contributed by atoms with Crippen LogP contribution < -0.4 is 10.5 Å². The molecule has 0 fully saturated rings. The van der Waals surface area contributed by atoms with E-state index in [-0.39, 0.29) is 6.10 Å². The van der Waals surface area contributed by atoms with Crippen LogP contribution in [0.5, 0.6) is 5.75 Å². The number of rotatable bonds is 7. The Balaban J connectivity index is 2.85. The van der Waals surface area contributed by atoms with E-state index >= 15 is 0 Å². The molecule has 2 N–H and O–H groups in total. The molecule has 0 aromatic heterocycles. The molecule has 1 aromatic rings. The normalized spacial score (nSPS) is 12.5. The standard InChI is InChI=1S/C13H19Cl2NO2/c1-9(4-6-17-2)18-13-10(3-5-16)7-11(14)8-12(13)15/h7-9H,3-6,16H2,1-2H3. The summed E-state index contributed by atoms with van der Waals surface area (Å²) in [6.45, 7) is 3.16. The first-order valence-corrected chi connectivity index (χ1v) is 6.67. The molecule has 0 bridgehead atoms. The van der Waals surface area contributed by atoms with Gasteiger partial charge in [-0.25, -0.2) is 0 Å². The van der Waals surface area contributed by atoms with Crippen LogP contribution >= 0.6 is 23.2 Å². The Labute approximate surface area is 118 Å². The van der Waals surface area contributed by atoms with Crippen molar-refractivity contribution in [3.8, 4) is 5.75 Å². The fraction of sp³-hybridized carbons (Fsp3) is 0.538. The second kappa shape index (κ2) is 7.85. The molecule has 0 aliphatic rings. The number of benzene rings is 1. The zero-order valence-corrected chi connectivity index (χ0v) is 12.2. The Hall–Kier alpha value is -0.480. The van der Waals surface area contributed by atoms with Gasteiger partial charge in [0.05, 0.1) is 11.1 Å². The average molecular weight is 292 g/mol. The molecule has 0 saturated heterocycles. The summed E-state index contributed by atoms with van der Waals surface area (Å²) in [5.74, 6) is 0.676. The maximum Gasteiger partial charge on any atom is 0.141 e. The molecule has 1 atom stereocenters. The van der Waals surface area contributed by atoms with Crippen molar-refractivity contribution in [3.63, 3.8) is 0 Å². The van der Waals surface area contributed by atoms with E-state index in [0.29, 0.717) is 35.4 Å². The smallest absolute Gasteiger partial charge is 0.141 e. The van der Waals surface area contributed by atoms with Crippen molar-refractivity contribution in [1.82, 2.24) is 0 Å². The Kier molecular flexibility index (Phi) is 6.79. The minimum atomic E-state index is 0.0279. The SMILES string of the molecule is COCCC(C)Oc1c(Cl)cc(Cl)cc1CCN. The molecule has 1 aromatic carbocycles. The van der Waals surface area contributed by atoms with E-state index in [1.54, 1.807) is 13.2 Å². The molecule has 0 aliphatic carbocycles. The highest BCUT2D eigenvalue weighted by Crippen LogP contribution is 2.33. The summed E-state index contributed by atoms with van der Waals surface area (Å²) in [7, 11) is 1.67. The van der Waals surface area contributed by atoms with Crippen molar-refractivity contribution in [2.24, 2.45) is 5.73 Å². The van der Waals surface area contributed by atoms with Crippen molar-refractivity contribution in [3.05, 3.63) is 27.7 Å². The van der Waals surface area contributed by atoms with Crippen LogP contribution in [-0.2, 0) is 11.2 Å². The predicted molar refractivity (Wildman–Crippen MR) is 75.8 cm³/mol. The summed E-state index contributed by atoms with van der Waals surface area (Å²) in [4.78, 5) is 0. The minimum absolute atomic E-state index is 0.0279. The van der Waals surface area contributed by atoms with E-state index < -0.39 is 0 Å². The topological polar surface area (TPSA) is 44.5 Å². The molecule has 0 heterocycles. The lowest BCUT2D eigenvalue weighted by Crippen LogP contribution is -2.16. The second-order valence-electron chi connectivity index (χ2n) is 4.12. The molecule has 0 aliphatic heterocycles. The van der Waals surface area contributed by atoms with Gasteiger partial charge in [-0.15, -0.1) is 0 Å². The Morgan fingerprint density at radius 3 is 2.67 bits per heavy atom. The summed E-state index contributed by atoms with van der Waals surface area (Å²) in [5.41, 5.74) is 6.52. The summed E-state index contributed by atoms with van der Waals surface area (Å²) in [5, 5.41) is 1.12. The molecule has 0 radical (unpaired) electrons. The van der Waals surface area contributed by atoms with E-state index in [9.17, 15) is 0 Å². The molecule has 102 valence electrons. The van der Waals surface area contributed by atoms with Crippen molar-refractivity contribution < 1.29 is 9.47 Å². The Morgan fingerprint density at radius 2 is 2.06 bits per heavy atom. The minimum Gasteiger partial charge on any atom is -0.489 e. The summed E-state index contributed by atoms with van der Waals surface area (Å²) in [6.07, 6.45) is 1.52. The van der Waals surface area contributed by atoms with Gasteiger partial charge in [0.1, 0.15) is 5.75 Å². The first kappa shape index (κ1) is 15.6. The maximum atomic E-state index is 6.17. The van der Waals surface area contributed by atoms with Gasteiger partial charge in [-0.2, -0.15) is 0 Å². The molecule has 18 heavy (non-hydrogen) atoms. The number of hydrogen-bond donors (Lipinski definition) is 1. The molecule has 1 unspecified atom stereocenters. The molecule has 1 rings (SSSR count). The van der Waals surface area contributed by atoms with E-state index in [4.69, 9.17) is 38.4 Å². The molecule has 0 amide bonds. The second-order valence-corrected chi connectivity index (χ2v) is 4.97. The average Bonchev–Trinajstić information content (AvgIpc) is 2.31. The zero-order valence-electron chi connectivity index (χ0n) is 10.7. The summed E-state index contributed by atoms with van der Waals surface area (Å²) >= 11 is 12.1. The van der Waals surface area contributed by atoms with Gasteiger partial charge < -0.3 is 15.2 Å². The van der Waals surface area contributed by atoms with Gasteiger partial charge in [0, 0.05) is 25.2 Å². The van der Waals surface area contributed by atoms with Crippen LogP contribution in [0.15, 0.2) is 12.1 Å². The highest BCUT2D eigenvalue weighted by atomic mass is 35.5. The van der Waals surface area contributed by atoms with Gasteiger partial charge in [0.2, 0.25) is 0 Å². The van der Waals surface area contributed by atoms with Crippen LogP contribution in [0.2, 0.25) is 10.0 Å². The largest absolute Gasteiger partial charge is 0.489 e. The van der Waals surface area contributed by atoms with Crippen LogP contribution in [0, 0.1) is 0 Å². The van der Waals surface area contributed by atoms with E-state index in [1.807, 2.05) is 13.0 Å². The fourth-order valence-corrected chi connectivity index (χ4v) is 2.21.